The number of anilines is 1. The van der Waals surface area contributed by atoms with Crippen LogP contribution in [0.15, 0.2) is 18.2 Å². The maximum atomic E-state index is 11.2. The van der Waals surface area contributed by atoms with Crippen molar-refractivity contribution in [2.45, 2.75) is 27.2 Å². The zero-order chi connectivity index (χ0) is 13.8. The molecule has 2 N–H and O–H groups in total. The van der Waals surface area contributed by atoms with Crippen molar-refractivity contribution in [1.29, 1.82) is 5.26 Å². The lowest BCUT2D eigenvalue weighted by molar-refractivity contribution is -0.147. The number of aryl methyl sites for hydroxylation is 1. The van der Waals surface area contributed by atoms with E-state index < -0.39 is 11.4 Å². The predicted octanol–water partition coefficient (Wildman–Crippen LogP) is 2.78. The van der Waals surface area contributed by atoms with Crippen LogP contribution in [0, 0.1) is 23.7 Å². The smallest absolute Gasteiger partial charge is 0.311 e. The fraction of sp³-hybridized carbons (Fsp3) is 0.429. The van der Waals surface area contributed by atoms with E-state index in [2.05, 4.69) is 11.4 Å². The summed E-state index contributed by atoms with van der Waals surface area (Å²) in [5.74, 6) is -0.830. The minimum absolute atomic E-state index is 0.302. The minimum Gasteiger partial charge on any atom is -0.481 e. The standard InChI is InChI=1S/C14H18N2O2/c1-4-14(3,13(17)18)9-16-12-6-5-10(2)7-11(12)8-15/h5-7,16H,4,9H2,1-3H3,(H,17,18). The summed E-state index contributed by atoms with van der Waals surface area (Å²) in [6, 6.07) is 7.60. The minimum atomic E-state index is -0.830. The first-order chi connectivity index (χ1) is 8.42. The molecule has 4 heteroatoms. The fourth-order valence-electron chi connectivity index (χ4n) is 1.55. The number of hydrogen-bond acceptors (Lipinski definition) is 3. The van der Waals surface area contributed by atoms with Crippen molar-refractivity contribution in [2.24, 2.45) is 5.41 Å². The van der Waals surface area contributed by atoms with Gasteiger partial charge in [-0.25, -0.2) is 0 Å². The summed E-state index contributed by atoms with van der Waals surface area (Å²) in [6.07, 6.45) is 0.531. The number of nitrogens with one attached hydrogen (secondary N) is 1. The predicted molar refractivity (Wildman–Crippen MR) is 70.4 cm³/mol. The summed E-state index contributed by atoms with van der Waals surface area (Å²) in [4.78, 5) is 11.2. The first-order valence-corrected chi connectivity index (χ1v) is 5.91. The van der Waals surface area contributed by atoms with E-state index in [-0.39, 0.29) is 0 Å². The molecular formula is C14H18N2O2. The van der Waals surface area contributed by atoms with Crippen LogP contribution >= 0.6 is 0 Å². The Morgan fingerprint density at radius 2 is 2.22 bits per heavy atom. The summed E-state index contributed by atoms with van der Waals surface area (Å²) in [7, 11) is 0. The molecule has 0 fully saturated rings. The molecule has 0 aromatic heterocycles. The number of hydrogen-bond donors (Lipinski definition) is 2. The largest absolute Gasteiger partial charge is 0.481 e. The highest BCUT2D eigenvalue weighted by Gasteiger charge is 2.30. The average Bonchev–Trinajstić information content (AvgIpc) is 2.36. The lowest BCUT2D eigenvalue weighted by Crippen LogP contribution is -2.34. The number of benzene rings is 1. The third-order valence-electron chi connectivity index (χ3n) is 3.26. The van der Waals surface area contributed by atoms with Gasteiger partial charge in [0, 0.05) is 6.54 Å². The summed E-state index contributed by atoms with van der Waals surface area (Å²) in [5, 5.41) is 21.3. The molecule has 1 aromatic rings. The van der Waals surface area contributed by atoms with Gasteiger partial charge in [-0.3, -0.25) is 4.79 Å². The highest BCUT2D eigenvalue weighted by Crippen LogP contribution is 2.24. The molecule has 0 radical (unpaired) electrons. The molecule has 0 saturated heterocycles. The second-order valence-electron chi connectivity index (χ2n) is 4.73. The van der Waals surface area contributed by atoms with Gasteiger partial charge in [0.15, 0.2) is 0 Å². The summed E-state index contributed by atoms with van der Waals surface area (Å²) in [6.45, 7) is 5.76. The zero-order valence-corrected chi connectivity index (χ0v) is 10.9. The van der Waals surface area contributed by atoms with Crippen molar-refractivity contribution in [3.05, 3.63) is 29.3 Å². The second-order valence-corrected chi connectivity index (χ2v) is 4.73. The maximum Gasteiger partial charge on any atom is 0.311 e. The lowest BCUT2D eigenvalue weighted by atomic mass is 9.87. The van der Waals surface area contributed by atoms with Crippen LogP contribution in [0.4, 0.5) is 5.69 Å². The molecule has 0 heterocycles. The highest BCUT2D eigenvalue weighted by atomic mass is 16.4. The van der Waals surface area contributed by atoms with Crippen molar-refractivity contribution in [3.8, 4) is 6.07 Å². The fourth-order valence-corrected chi connectivity index (χ4v) is 1.55. The Kier molecular flexibility index (Phi) is 4.33. The number of carboxylic acids is 1. The third-order valence-corrected chi connectivity index (χ3v) is 3.26. The van der Waals surface area contributed by atoms with Crippen LogP contribution in [-0.4, -0.2) is 17.6 Å². The monoisotopic (exact) mass is 246 g/mol. The highest BCUT2D eigenvalue weighted by molar-refractivity contribution is 5.75. The number of nitriles is 1. The molecule has 0 aliphatic heterocycles. The molecule has 0 amide bonds. The molecule has 0 bridgehead atoms. The Morgan fingerprint density at radius 1 is 1.56 bits per heavy atom. The molecule has 0 aliphatic rings. The quantitative estimate of drug-likeness (QED) is 0.837. The molecule has 1 aromatic carbocycles. The summed E-state index contributed by atoms with van der Waals surface area (Å²) in [5.41, 5.74) is 1.41. The molecular weight excluding hydrogens is 228 g/mol. The van der Waals surface area contributed by atoms with Crippen molar-refractivity contribution in [1.82, 2.24) is 0 Å². The topological polar surface area (TPSA) is 73.1 Å². The maximum absolute atomic E-state index is 11.2. The normalized spacial score (nSPS) is 13.4. The van der Waals surface area contributed by atoms with Gasteiger partial charge in [-0.05, 0) is 38.0 Å². The Balaban J connectivity index is 2.87. The third kappa shape index (κ3) is 3.01. The van der Waals surface area contributed by atoms with Gasteiger partial charge in [-0.15, -0.1) is 0 Å². The van der Waals surface area contributed by atoms with E-state index in [4.69, 9.17) is 5.26 Å². The van der Waals surface area contributed by atoms with Crippen LogP contribution in [0.5, 0.6) is 0 Å². The molecule has 0 saturated carbocycles. The van der Waals surface area contributed by atoms with E-state index in [1.54, 1.807) is 13.0 Å². The second kappa shape index (κ2) is 5.54. The Morgan fingerprint density at radius 3 is 2.72 bits per heavy atom. The van der Waals surface area contributed by atoms with E-state index in [1.807, 2.05) is 26.0 Å². The number of rotatable bonds is 5. The van der Waals surface area contributed by atoms with Crippen molar-refractivity contribution >= 4 is 11.7 Å². The van der Waals surface area contributed by atoms with Gasteiger partial charge in [0.1, 0.15) is 6.07 Å². The van der Waals surface area contributed by atoms with Crippen LogP contribution in [0.3, 0.4) is 0 Å². The van der Waals surface area contributed by atoms with Crippen LogP contribution in [0.25, 0.3) is 0 Å². The van der Waals surface area contributed by atoms with Crippen LogP contribution in [-0.2, 0) is 4.79 Å². The number of nitrogens with zero attached hydrogens (tertiary/aromatic N) is 1. The molecule has 0 aliphatic carbocycles. The first-order valence-electron chi connectivity index (χ1n) is 5.91. The summed E-state index contributed by atoms with van der Waals surface area (Å²) >= 11 is 0. The average molecular weight is 246 g/mol. The molecule has 1 unspecified atom stereocenters. The molecule has 4 nitrogen and oxygen atoms in total. The van der Waals surface area contributed by atoms with Gasteiger partial charge in [0.05, 0.1) is 16.7 Å². The summed E-state index contributed by atoms with van der Waals surface area (Å²) < 4.78 is 0. The van der Waals surface area contributed by atoms with Gasteiger partial charge in [0.2, 0.25) is 0 Å². The van der Waals surface area contributed by atoms with Gasteiger partial charge in [-0.2, -0.15) is 5.26 Å². The van der Waals surface area contributed by atoms with Gasteiger partial charge in [-0.1, -0.05) is 13.0 Å². The number of carboxylic acid groups (broad SMARTS) is 1. The van der Waals surface area contributed by atoms with Crippen molar-refractivity contribution < 1.29 is 9.90 Å². The molecule has 0 spiro atoms. The van der Waals surface area contributed by atoms with E-state index >= 15 is 0 Å². The van der Waals surface area contributed by atoms with Gasteiger partial charge >= 0.3 is 5.97 Å². The number of aliphatic carboxylic acids is 1. The van der Waals surface area contributed by atoms with E-state index in [0.29, 0.717) is 24.2 Å². The van der Waals surface area contributed by atoms with E-state index in [1.165, 1.54) is 0 Å². The van der Waals surface area contributed by atoms with Gasteiger partial charge < -0.3 is 10.4 Å². The Bertz CT molecular complexity index is 491. The molecule has 1 atom stereocenters. The molecule has 18 heavy (non-hydrogen) atoms. The Hall–Kier alpha value is -2.02. The van der Waals surface area contributed by atoms with Crippen LogP contribution < -0.4 is 5.32 Å². The van der Waals surface area contributed by atoms with E-state index in [9.17, 15) is 9.90 Å². The van der Waals surface area contributed by atoms with Gasteiger partial charge in [0.25, 0.3) is 0 Å². The number of carbonyl (C=O) groups is 1. The van der Waals surface area contributed by atoms with Crippen LogP contribution in [0.1, 0.15) is 31.4 Å². The zero-order valence-electron chi connectivity index (χ0n) is 10.9. The van der Waals surface area contributed by atoms with Crippen molar-refractivity contribution in [2.75, 3.05) is 11.9 Å². The molecule has 96 valence electrons. The van der Waals surface area contributed by atoms with Crippen molar-refractivity contribution in [3.63, 3.8) is 0 Å². The first kappa shape index (κ1) is 14.0. The molecule has 1 rings (SSSR count). The lowest BCUT2D eigenvalue weighted by Gasteiger charge is -2.24. The Labute approximate surface area is 107 Å². The SMILES string of the molecule is CCC(C)(CNc1ccc(C)cc1C#N)C(=O)O. The van der Waals surface area contributed by atoms with Crippen LogP contribution in [0.2, 0.25) is 0 Å². The van der Waals surface area contributed by atoms with E-state index in [0.717, 1.165) is 5.56 Å².